The third kappa shape index (κ3) is 5.57. The van der Waals surface area contributed by atoms with E-state index in [1.165, 1.54) is 7.11 Å². The molecule has 0 unspecified atom stereocenters. The molecule has 0 saturated heterocycles. The first-order valence-corrected chi connectivity index (χ1v) is 6.98. The van der Waals surface area contributed by atoms with E-state index in [2.05, 4.69) is 10.1 Å². The first-order chi connectivity index (χ1) is 7.64. The van der Waals surface area contributed by atoms with Crippen LogP contribution in [0.1, 0.15) is 6.42 Å². The van der Waals surface area contributed by atoms with E-state index in [0.29, 0.717) is 12.6 Å². The fourth-order valence-corrected chi connectivity index (χ4v) is 2.99. The summed E-state index contributed by atoms with van der Waals surface area (Å²) in [6.07, 6.45) is 0.747. The molecule has 96 valence electrons. The molecule has 0 saturated carbocycles. The summed E-state index contributed by atoms with van der Waals surface area (Å²) in [7, 11) is 3.71. The van der Waals surface area contributed by atoms with Gasteiger partial charge in [0.2, 0.25) is 5.91 Å². The zero-order valence-electron chi connectivity index (χ0n) is 10.4. The SMILES string of the molecule is COCC(=O)NCCC[Si](OC)(OC)OC. The molecule has 16 heavy (non-hydrogen) atoms. The van der Waals surface area contributed by atoms with Crippen LogP contribution in [0, 0.1) is 0 Å². The summed E-state index contributed by atoms with van der Waals surface area (Å²) in [4.78, 5) is 11.1. The Kier molecular flexibility index (Phi) is 8.40. The van der Waals surface area contributed by atoms with Crippen molar-refractivity contribution in [2.45, 2.75) is 12.5 Å². The number of hydrogen-bond donors (Lipinski definition) is 1. The summed E-state index contributed by atoms with van der Waals surface area (Å²) >= 11 is 0. The Balaban J connectivity index is 3.74. The summed E-state index contributed by atoms with van der Waals surface area (Å²) < 4.78 is 20.4. The molecule has 1 N–H and O–H groups in total. The summed E-state index contributed by atoms with van der Waals surface area (Å²) in [6, 6.07) is 0.670. The minimum atomic E-state index is -2.49. The highest BCUT2D eigenvalue weighted by atomic mass is 28.4. The number of amides is 1. The predicted molar refractivity (Wildman–Crippen MR) is 61.1 cm³/mol. The van der Waals surface area contributed by atoms with Crippen molar-refractivity contribution in [2.75, 3.05) is 41.6 Å². The lowest BCUT2D eigenvalue weighted by Gasteiger charge is -2.24. The lowest BCUT2D eigenvalue weighted by atomic mass is 10.4. The second-order valence-electron chi connectivity index (χ2n) is 3.18. The molecule has 0 atom stereocenters. The van der Waals surface area contributed by atoms with Crippen LogP contribution in [-0.4, -0.2) is 56.3 Å². The molecule has 0 heterocycles. The Labute approximate surface area is 97.6 Å². The van der Waals surface area contributed by atoms with E-state index >= 15 is 0 Å². The average molecular weight is 251 g/mol. The lowest BCUT2D eigenvalue weighted by molar-refractivity contribution is -0.124. The Morgan fingerprint density at radius 3 is 2.12 bits per heavy atom. The van der Waals surface area contributed by atoms with Crippen molar-refractivity contribution in [3.8, 4) is 0 Å². The van der Waals surface area contributed by atoms with Gasteiger partial charge in [-0.2, -0.15) is 0 Å². The van der Waals surface area contributed by atoms with Crippen LogP contribution in [0.25, 0.3) is 0 Å². The van der Waals surface area contributed by atoms with E-state index in [0.717, 1.165) is 6.42 Å². The zero-order chi connectivity index (χ0) is 12.4. The molecule has 7 heteroatoms. The molecular weight excluding hydrogens is 230 g/mol. The van der Waals surface area contributed by atoms with Crippen LogP contribution in [0.15, 0.2) is 0 Å². The van der Waals surface area contributed by atoms with E-state index in [-0.39, 0.29) is 12.5 Å². The number of carbonyl (C=O) groups excluding carboxylic acids is 1. The third-order valence-corrected chi connectivity index (χ3v) is 5.02. The molecule has 1 amide bonds. The van der Waals surface area contributed by atoms with Gasteiger partial charge < -0.3 is 23.3 Å². The number of ether oxygens (including phenoxy) is 1. The van der Waals surface area contributed by atoms with Crippen LogP contribution in [-0.2, 0) is 22.8 Å². The molecule has 0 rings (SSSR count). The summed E-state index contributed by atoms with van der Waals surface area (Å²) in [6.45, 7) is 0.647. The van der Waals surface area contributed by atoms with Crippen molar-refractivity contribution in [2.24, 2.45) is 0 Å². The van der Waals surface area contributed by atoms with E-state index < -0.39 is 8.80 Å². The minimum Gasteiger partial charge on any atom is -0.377 e. The second-order valence-corrected chi connectivity index (χ2v) is 6.27. The molecule has 0 aliphatic heterocycles. The highest BCUT2D eigenvalue weighted by molar-refractivity contribution is 6.60. The zero-order valence-corrected chi connectivity index (χ0v) is 11.4. The summed E-state index contributed by atoms with van der Waals surface area (Å²) in [5, 5.41) is 2.72. The van der Waals surface area contributed by atoms with E-state index in [1.807, 2.05) is 0 Å². The van der Waals surface area contributed by atoms with Crippen LogP contribution in [0.5, 0.6) is 0 Å². The molecule has 0 radical (unpaired) electrons. The van der Waals surface area contributed by atoms with Gasteiger partial charge in [0.05, 0.1) is 0 Å². The standard InChI is InChI=1S/C9H21NO5Si/c1-12-8-9(11)10-6-5-7-16(13-2,14-3)15-4/h5-8H2,1-4H3,(H,10,11). The Morgan fingerprint density at radius 1 is 1.12 bits per heavy atom. The number of hydrogen-bond acceptors (Lipinski definition) is 5. The van der Waals surface area contributed by atoms with Gasteiger partial charge in [0, 0.05) is 41.0 Å². The number of nitrogens with one attached hydrogen (secondary N) is 1. The maximum atomic E-state index is 11.1. The van der Waals surface area contributed by atoms with Gasteiger partial charge in [-0.3, -0.25) is 4.79 Å². The smallest absolute Gasteiger partial charge is 0.377 e. The van der Waals surface area contributed by atoms with Crippen molar-refractivity contribution < 1.29 is 22.8 Å². The van der Waals surface area contributed by atoms with Gasteiger partial charge in [0.1, 0.15) is 6.61 Å². The monoisotopic (exact) mass is 251 g/mol. The molecule has 0 bridgehead atoms. The van der Waals surface area contributed by atoms with Gasteiger partial charge in [-0.15, -0.1) is 0 Å². The van der Waals surface area contributed by atoms with Gasteiger partial charge in [-0.05, 0) is 6.42 Å². The normalized spacial score (nSPS) is 11.5. The lowest BCUT2D eigenvalue weighted by Crippen LogP contribution is -2.43. The number of carbonyl (C=O) groups is 1. The Morgan fingerprint density at radius 2 is 1.69 bits per heavy atom. The highest BCUT2D eigenvalue weighted by Gasteiger charge is 2.36. The molecule has 0 spiro atoms. The van der Waals surface area contributed by atoms with Crippen LogP contribution in [0.2, 0.25) is 6.04 Å². The van der Waals surface area contributed by atoms with Gasteiger partial charge >= 0.3 is 8.80 Å². The predicted octanol–water partition coefficient (Wildman–Crippen LogP) is 0.0172. The fourth-order valence-electron chi connectivity index (χ4n) is 1.27. The number of methoxy groups -OCH3 is 1. The van der Waals surface area contributed by atoms with Crippen LogP contribution in [0.3, 0.4) is 0 Å². The van der Waals surface area contributed by atoms with E-state index in [1.54, 1.807) is 21.3 Å². The molecule has 0 aromatic rings. The average Bonchev–Trinajstić information content (AvgIpc) is 2.31. The van der Waals surface area contributed by atoms with Crippen molar-refractivity contribution in [1.29, 1.82) is 0 Å². The van der Waals surface area contributed by atoms with E-state index in [9.17, 15) is 4.79 Å². The highest BCUT2D eigenvalue weighted by Crippen LogP contribution is 2.14. The number of rotatable bonds is 9. The van der Waals surface area contributed by atoms with Crippen LogP contribution < -0.4 is 5.32 Å². The summed E-state index contributed by atoms with van der Waals surface area (Å²) in [5.74, 6) is -0.123. The molecule has 0 fully saturated rings. The van der Waals surface area contributed by atoms with Crippen molar-refractivity contribution in [3.05, 3.63) is 0 Å². The summed E-state index contributed by atoms with van der Waals surface area (Å²) in [5.41, 5.74) is 0. The Hall–Kier alpha value is -0.473. The first kappa shape index (κ1) is 15.5. The molecule has 0 aromatic heterocycles. The maximum Gasteiger partial charge on any atom is 0.500 e. The quantitative estimate of drug-likeness (QED) is 0.462. The van der Waals surface area contributed by atoms with Crippen molar-refractivity contribution >= 4 is 14.7 Å². The van der Waals surface area contributed by atoms with Crippen LogP contribution >= 0.6 is 0 Å². The topological polar surface area (TPSA) is 66.0 Å². The first-order valence-electron chi connectivity index (χ1n) is 5.05. The molecule has 0 aliphatic rings. The molecule has 0 aromatic carbocycles. The van der Waals surface area contributed by atoms with Crippen molar-refractivity contribution in [3.63, 3.8) is 0 Å². The fraction of sp³-hybridized carbons (Fsp3) is 0.889. The molecule has 0 aliphatic carbocycles. The van der Waals surface area contributed by atoms with Gasteiger partial charge in [0.25, 0.3) is 0 Å². The van der Waals surface area contributed by atoms with E-state index in [4.69, 9.17) is 13.3 Å². The molecular formula is C9H21NO5Si. The van der Waals surface area contributed by atoms with Gasteiger partial charge in [-0.1, -0.05) is 0 Å². The Bertz CT molecular complexity index is 190. The van der Waals surface area contributed by atoms with Gasteiger partial charge in [-0.25, -0.2) is 0 Å². The third-order valence-electron chi connectivity index (χ3n) is 2.19. The van der Waals surface area contributed by atoms with Crippen molar-refractivity contribution in [1.82, 2.24) is 5.32 Å². The minimum absolute atomic E-state index is 0.0847. The van der Waals surface area contributed by atoms with Crippen LogP contribution in [0.4, 0.5) is 0 Å². The maximum absolute atomic E-state index is 11.1. The largest absolute Gasteiger partial charge is 0.500 e. The van der Waals surface area contributed by atoms with Gasteiger partial charge in [0.15, 0.2) is 0 Å². The molecule has 6 nitrogen and oxygen atoms in total. The second kappa shape index (κ2) is 8.65.